The van der Waals surface area contributed by atoms with Crippen LogP contribution in [0, 0.1) is 3.57 Å². The first-order valence-corrected chi connectivity index (χ1v) is 12.0. The van der Waals surface area contributed by atoms with Gasteiger partial charge in [0.25, 0.3) is 5.56 Å². The summed E-state index contributed by atoms with van der Waals surface area (Å²) in [6.07, 6.45) is 0.367. The molecule has 4 aromatic rings. The number of nitrogens with one attached hydrogen (secondary N) is 1. The molecule has 1 heterocycles. The zero-order valence-electron chi connectivity index (χ0n) is 16.2. The van der Waals surface area contributed by atoms with E-state index in [1.807, 2.05) is 71.1 Å². The minimum atomic E-state index is -3.86. The van der Waals surface area contributed by atoms with E-state index in [1.165, 1.54) is 0 Å². The molecular formula is C23H19IN2O3S. The molecule has 0 saturated carbocycles. The van der Waals surface area contributed by atoms with Gasteiger partial charge in [-0.25, -0.2) is 13.4 Å². The second-order valence-electron chi connectivity index (χ2n) is 7.04. The minimum absolute atomic E-state index is 0.292. The summed E-state index contributed by atoms with van der Waals surface area (Å²) in [5, 5.41) is 1.02. The van der Waals surface area contributed by atoms with Crippen LogP contribution in [0.25, 0.3) is 10.8 Å². The van der Waals surface area contributed by atoms with Crippen molar-refractivity contribution in [2.24, 2.45) is 0 Å². The maximum Gasteiger partial charge on any atom is 0.265 e. The van der Waals surface area contributed by atoms with Gasteiger partial charge in [-0.3, -0.25) is 9.78 Å². The molecule has 0 saturated heterocycles. The molecule has 7 heteroatoms. The van der Waals surface area contributed by atoms with Gasteiger partial charge in [0, 0.05) is 6.42 Å². The van der Waals surface area contributed by atoms with E-state index in [0.717, 1.165) is 16.3 Å². The molecule has 1 aromatic heterocycles. The number of H-pyrrole nitrogens is 1. The molecule has 4 rings (SSSR count). The number of rotatable bonds is 5. The normalized spacial score (nSPS) is 12.7. The summed E-state index contributed by atoms with van der Waals surface area (Å²) in [5.74, 6) is 0. The highest BCUT2D eigenvalue weighted by Gasteiger charge is 2.28. The van der Waals surface area contributed by atoms with E-state index in [4.69, 9.17) is 0 Å². The van der Waals surface area contributed by atoms with Gasteiger partial charge < -0.3 is 0 Å². The fraction of sp³-hybridized carbons (Fsp3) is 0.130. The Kier molecular flexibility index (Phi) is 5.75. The number of aromatic nitrogens is 2. The van der Waals surface area contributed by atoms with Gasteiger partial charge in [0.15, 0.2) is 0 Å². The van der Waals surface area contributed by atoms with Crippen molar-refractivity contribution in [2.45, 2.75) is 23.8 Å². The van der Waals surface area contributed by atoms with E-state index in [2.05, 4.69) is 9.97 Å². The van der Waals surface area contributed by atoms with Crippen molar-refractivity contribution in [1.29, 1.82) is 0 Å². The molecule has 1 N–H and O–H groups in total. The smallest absolute Gasteiger partial charge is 0.265 e. The first-order valence-electron chi connectivity index (χ1n) is 9.42. The Morgan fingerprint density at radius 3 is 2.40 bits per heavy atom. The van der Waals surface area contributed by atoms with Crippen molar-refractivity contribution < 1.29 is 8.42 Å². The third-order valence-corrected chi connectivity index (χ3v) is 8.20. The van der Waals surface area contributed by atoms with Crippen LogP contribution in [0.2, 0.25) is 0 Å². The molecule has 1 unspecified atom stereocenters. The van der Waals surface area contributed by atoms with Gasteiger partial charge in [-0.05, 0) is 51.4 Å². The fourth-order valence-corrected chi connectivity index (χ4v) is 5.20. The van der Waals surface area contributed by atoms with Crippen molar-refractivity contribution in [2.75, 3.05) is 0 Å². The summed E-state index contributed by atoms with van der Waals surface area (Å²) in [7, 11) is -3.86. The SMILES string of the molecule is CC(c1ccccc1)S(=O)(=O)c1nc(Cc2cccc3ccccc23)c(I)c(=O)[nH]1. The number of halogens is 1. The van der Waals surface area contributed by atoms with Crippen LogP contribution in [0.5, 0.6) is 0 Å². The molecule has 0 fully saturated rings. The predicted molar refractivity (Wildman–Crippen MR) is 126 cm³/mol. The third-order valence-electron chi connectivity index (χ3n) is 5.15. The quantitative estimate of drug-likeness (QED) is 0.301. The van der Waals surface area contributed by atoms with Crippen molar-refractivity contribution in [3.8, 4) is 0 Å². The summed E-state index contributed by atoms with van der Waals surface area (Å²) < 4.78 is 26.8. The maximum absolute atomic E-state index is 13.2. The summed E-state index contributed by atoms with van der Waals surface area (Å²) in [6.45, 7) is 1.60. The van der Waals surface area contributed by atoms with E-state index in [1.54, 1.807) is 31.2 Å². The Morgan fingerprint density at radius 1 is 0.967 bits per heavy atom. The van der Waals surface area contributed by atoms with Crippen molar-refractivity contribution in [1.82, 2.24) is 9.97 Å². The number of benzene rings is 3. The molecule has 0 aliphatic heterocycles. The molecule has 0 radical (unpaired) electrons. The highest BCUT2D eigenvalue weighted by Crippen LogP contribution is 2.27. The molecule has 0 aliphatic carbocycles. The molecule has 30 heavy (non-hydrogen) atoms. The van der Waals surface area contributed by atoms with Crippen molar-refractivity contribution in [3.63, 3.8) is 0 Å². The van der Waals surface area contributed by atoms with Crippen LogP contribution in [0.15, 0.2) is 82.7 Å². The molecule has 5 nitrogen and oxygen atoms in total. The lowest BCUT2D eigenvalue weighted by Crippen LogP contribution is -2.23. The Bertz CT molecular complexity index is 1380. The topological polar surface area (TPSA) is 79.9 Å². The summed E-state index contributed by atoms with van der Waals surface area (Å²) in [5.41, 5.74) is 1.65. The van der Waals surface area contributed by atoms with Gasteiger partial charge in [-0.2, -0.15) is 0 Å². The lowest BCUT2D eigenvalue weighted by Gasteiger charge is -2.14. The van der Waals surface area contributed by atoms with E-state index in [9.17, 15) is 13.2 Å². The average Bonchev–Trinajstić information content (AvgIpc) is 2.77. The zero-order chi connectivity index (χ0) is 21.3. The monoisotopic (exact) mass is 530 g/mol. The second kappa shape index (κ2) is 8.31. The molecule has 0 spiro atoms. The molecule has 3 aromatic carbocycles. The Labute approximate surface area is 188 Å². The molecule has 1 atom stereocenters. The zero-order valence-corrected chi connectivity index (χ0v) is 19.1. The second-order valence-corrected chi connectivity index (χ2v) is 10.3. The van der Waals surface area contributed by atoms with Gasteiger partial charge in [0.05, 0.1) is 10.9 Å². The summed E-state index contributed by atoms with van der Waals surface area (Å²) in [4.78, 5) is 19.4. The molecule has 152 valence electrons. The fourth-order valence-electron chi connectivity index (χ4n) is 3.43. The first-order chi connectivity index (χ1) is 14.4. The maximum atomic E-state index is 13.2. The standard InChI is InChI=1S/C23H19IN2O3S/c1-15(16-8-3-2-4-9-16)30(28,29)23-25-20(21(24)22(27)26-23)14-18-12-7-11-17-10-5-6-13-19(17)18/h2-13,15H,14H2,1H3,(H,25,26,27). The summed E-state index contributed by atoms with van der Waals surface area (Å²) >= 11 is 1.93. The number of hydrogen-bond donors (Lipinski definition) is 1. The number of nitrogens with zero attached hydrogens (tertiary/aromatic N) is 1. The Hall–Kier alpha value is -2.52. The van der Waals surface area contributed by atoms with Crippen molar-refractivity contribution >= 4 is 43.2 Å². The van der Waals surface area contributed by atoms with Crippen LogP contribution in [-0.2, 0) is 16.3 Å². The lowest BCUT2D eigenvalue weighted by molar-refractivity contribution is 0.574. The van der Waals surface area contributed by atoms with Gasteiger partial charge in [-0.15, -0.1) is 0 Å². The van der Waals surface area contributed by atoms with Crippen molar-refractivity contribution in [3.05, 3.63) is 104 Å². The van der Waals surface area contributed by atoms with E-state index in [0.29, 0.717) is 21.2 Å². The van der Waals surface area contributed by atoms with Gasteiger partial charge in [0.1, 0.15) is 3.57 Å². The van der Waals surface area contributed by atoms with E-state index < -0.39 is 20.6 Å². The van der Waals surface area contributed by atoms with Crippen LogP contribution in [0.3, 0.4) is 0 Å². The van der Waals surface area contributed by atoms with E-state index >= 15 is 0 Å². The van der Waals surface area contributed by atoms with Crippen LogP contribution in [-0.4, -0.2) is 18.4 Å². The predicted octanol–water partition coefficient (Wildman–Crippen LogP) is 4.65. The van der Waals surface area contributed by atoms with Gasteiger partial charge >= 0.3 is 0 Å². The minimum Gasteiger partial charge on any atom is -0.296 e. The molecule has 0 aliphatic rings. The third kappa shape index (κ3) is 3.91. The number of sulfone groups is 1. The highest BCUT2D eigenvalue weighted by molar-refractivity contribution is 14.1. The largest absolute Gasteiger partial charge is 0.296 e. The van der Waals surface area contributed by atoms with Crippen LogP contribution in [0.1, 0.15) is 29.0 Å². The van der Waals surface area contributed by atoms with Gasteiger partial charge in [0.2, 0.25) is 15.0 Å². The summed E-state index contributed by atoms with van der Waals surface area (Å²) in [6, 6.07) is 22.8. The van der Waals surface area contributed by atoms with Crippen LogP contribution >= 0.6 is 22.6 Å². The van der Waals surface area contributed by atoms with Gasteiger partial charge in [-0.1, -0.05) is 72.8 Å². The number of fused-ring (bicyclic) bond motifs is 1. The molecule has 0 bridgehead atoms. The Morgan fingerprint density at radius 2 is 1.63 bits per heavy atom. The van der Waals surface area contributed by atoms with Crippen LogP contribution < -0.4 is 5.56 Å². The Balaban J connectivity index is 1.79. The number of hydrogen-bond acceptors (Lipinski definition) is 4. The number of aromatic amines is 1. The van der Waals surface area contributed by atoms with E-state index in [-0.39, 0.29) is 5.16 Å². The molecule has 0 amide bonds. The lowest BCUT2D eigenvalue weighted by atomic mass is 10.0. The highest BCUT2D eigenvalue weighted by atomic mass is 127. The average molecular weight is 530 g/mol. The first kappa shape index (κ1) is 20.7. The molecular weight excluding hydrogens is 511 g/mol. The van der Waals surface area contributed by atoms with Crippen LogP contribution in [0.4, 0.5) is 0 Å².